The first-order valence-electron chi connectivity index (χ1n) is 7.24. The predicted octanol–water partition coefficient (Wildman–Crippen LogP) is 1.70. The van der Waals surface area contributed by atoms with Crippen molar-refractivity contribution in [2.45, 2.75) is 44.9 Å². The molecule has 0 bridgehead atoms. The Morgan fingerprint density at radius 1 is 1.21 bits per heavy atom. The minimum Gasteiger partial charge on any atom is -0.392 e. The minimum atomic E-state index is -0.288. The molecule has 3 rings (SSSR count). The largest absolute Gasteiger partial charge is 0.392 e. The lowest BCUT2D eigenvalue weighted by Crippen LogP contribution is -2.61. The van der Waals surface area contributed by atoms with Gasteiger partial charge in [0.05, 0.1) is 12.2 Å². The van der Waals surface area contributed by atoms with Crippen molar-refractivity contribution >= 4 is 0 Å². The van der Waals surface area contributed by atoms with Crippen LogP contribution in [0.2, 0.25) is 0 Å². The molecule has 0 unspecified atom stereocenters. The molecule has 2 N–H and O–H groups in total. The fourth-order valence-electron chi connectivity index (χ4n) is 3.61. The highest BCUT2D eigenvalue weighted by Gasteiger charge is 2.54. The molecule has 1 aliphatic heterocycles. The molecular formula is C16H23NO2. The van der Waals surface area contributed by atoms with Crippen LogP contribution in [0.3, 0.4) is 0 Å². The van der Waals surface area contributed by atoms with E-state index in [1.165, 1.54) is 11.1 Å². The van der Waals surface area contributed by atoms with Gasteiger partial charge >= 0.3 is 0 Å². The van der Waals surface area contributed by atoms with Gasteiger partial charge in [-0.05, 0) is 38.4 Å². The number of aliphatic hydroxyl groups excluding tert-OH is 2. The Hall–Kier alpha value is -0.900. The van der Waals surface area contributed by atoms with Gasteiger partial charge in [-0.1, -0.05) is 29.8 Å². The van der Waals surface area contributed by atoms with Crippen molar-refractivity contribution < 1.29 is 10.2 Å². The first-order chi connectivity index (χ1) is 9.10. The lowest BCUT2D eigenvalue weighted by molar-refractivity contribution is -0.190. The maximum atomic E-state index is 9.93. The lowest BCUT2D eigenvalue weighted by Gasteiger charge is -2.55. The molecule has 1 aromatic carbocycles. The highest BCUT2D eigenvalue weighted by atomic mass is 16.3. The number of rotatable bonds is 2. The molecule has 1 aliphatic carbocycles. The summed E-state index contributed by atoms with van der Waals surface area (Å²) in [5.74, 6) is 0. The third kappa shape index (κ3) is 2.31. The van der Waals surface area contributed by atoms with Crippen LogP contribution in [0.5, 0.6) is 0 Å². The summed E-state index contributed by atoms with van der Waals surface area (Å²) in [7, 11) is 0. The minimum absolute atomic E-state index is 0.191. The van der Waals surface area contributed by atoms with Crippen molar-refractivity contribution in [1.29, 1.82) is 0 Å². The van der Waals surface area contributed by atoms with Crippen LogP contribution in [0.1, 0.15) is 30.4 Å². The molecule has 3 heteroatoms. The second-order valence-electron chi connectivity index (χ2n) is 6.27. The molecule has 1 aromatic rings. The van der Waals surface area contributed by atoms with Crippen LogP contribution in [-0.2, 0) is 6.54 Å². The van der Waals surface area contributed by atoms with E-state index >= 15 is 0 Å². The van der Waals surface area contributed by atoms with Crippen molar-refractivity contribution in [3.05, 3.63) is 35.4 Å². The Morgan fingerprint density at radius 3 is 2.47 bits per heavy atom. The summed E-state index contributed by atoms with van der Waals surface area (Å²) < 4.78 is 0. The van der Waals surface area contributed by atoms with Gasteiger partial charge in [0.1, 0.15) is 0 Å². The predicted molar refractivity (Wildman–Crippen MR) is 74.8 cm³/mol. The zero-order valence-electron chi connectivity index (χ0n) is 11.5. The monoisotopic (exact) mass is 261 g/mol. The third-order valence-electron chi connectivity index (χ3n) is 5.05. The summed E-state index contributed by atoms with van der Waals surface area (Å²) in [5, 5.41) is 19.9. The number of piperidine rings is 1. The van der Waals surface area contributed by atoms with Gasteiger partial charge in [-0.15, -0.1) is 0 Å². The molecule has 3 nitrogen and oxygen atoms in total. The van der Waals surface area contributed by atoms with Crippen LogP contribution in [-0.4, -0.2) is 40.4 Å². The lowest BCUT2D eigenvalue weighted by atomic mass is 9.58. The molecule has 0 aromatic heterocycles. The third-order valence-corrected chi connectivity index (χ3v) is 5.05. The molecular weight excluding hydrogens is 238 g/mol. The quantitative estimate of drug-likeness (QED) is 0.851. The van der Waals surface area contributed by atoms with E-state index in [9.17, 15) is 10.2 Å². The Bertz CT molecular complexity index is 442. The molecule has 19 heavy (non-hydrogen) atoms. The van der Waals surface area contributed by atoms with E-state index in [4.69, 9.17) is 0 Å². The van der Waals surface area contributed by atoms with E-state index in [2.05, 4.69) is 36.1 Å². The summed E-state index contributed by atoms with van der Waals surface area (Å²) in [4.78, 5) is 2.43. The number of hydrogen-bond donors (Lipinski definition) is 2. The van der Waals surface area contributed by atoms with Gasteiger partial charge in [-0.3, -0.25) is 4.90 Å². The van der Waals surface area contributed by atoms with Crippen molar-refractivity contribution in [3.63, 3.8) is 0 Å². The van der Waals surface area contributed by atoms with Crippen molar-refractivity contribution in [2.24, 2.45) is 5.41 Å². The molecule has 2 atom stereocenters. The maximum absolute atomic E-state index is 9.93. The van der Waals surface area contributed by atoms with Crippen molar-refractivity contribution in [2.75, 3.05) is 13.1 Å². The summed E-state index contributed by atoms with van der Waals surface area (Å²) >= 11 is 0. The summed E-state index contributed by atoms with van der Waals surface area (Å²) in [6.45, 7) is 5.05. The van der Waals surface area contributed by atoms with Crippen LogP contribution in [0.4, 0.5) is 0 Å². The molecule has 2 fully saturated rings. The number of likely N-dealkylation sites (tertiary alicyclic amines) is 1. The molecule has 104 valence electrons. The van der Waals surface area contributed by atoms with E-state index in [0.717, 1.165) is 32.5 Å². The van der Waals surface area contributed by atoms with Crippen LogP contribution in [0.15, 0.2) is 24.3 Å². The van der Waals surface area contributed by atoms with Crippen LogP contribution >= 0.6 is 0 Å². The van der Waals surface area contributed by atoms with Gasteiger partial charge in [0.2, 0.25) is 0 Å². The smallest absolute Gasteiger partial charge is 0.0647 e. The second-order valence-corrected chi connectivity index (χ2v) is 6.27. The average molecular weight is 261 g/mol. The summed E-state index contributed by atoms with van der Waals surface area (Å²) in [5.41, 5.74) is 2.46. The molecule has 1 saturated carbocycles. The van der Waals surface area contributed by atoms with Gasteiger partial charge in [0, 0.05) is 18.4 Å². The number of aliphatic hydroxyl groups is 2. The fourth-order valence-corrected chi connectivity index (χ4v) is 3.61. The molecule has 1 saturated heterocycles. The van der Waals surface area contributed by atoms with Gasteiger partial charge in [-0.25, -0.2) is 0 Å². The average Bonchev–Trinajstić information content (AvgIpc) is 2.40. The van der Waals surface area contributed by atoms with Crippen molar-refractivity contribution in [3.8, 4) is 0 Å². The molecule has 0 amide bonds. The zero-order chi connectivity index (χ0) is 13.5. The topological polar surface area (TPSA) is 43.7 Å². The highest BCUT2D eigenvalue weighted by molar-refractivity contribution is 5.22. The number of hydrogen-bond acceptors (Lipinski definition) is 3. The number of benzene rings is 1. The molecule has 1 spiro atoms. The second kappa shape index (κ2) is 4.89. The van der Waals surface area contributed by atoms with E-state index in [-0.39, 0.29) is 17.6 Å². The van der Waals surface area contributed by atoms with Gasteiger partial charge in [-0.2, -0.15) is 0 Å². The number of nitrogens with zero attached hydrogens (tertiary/aromatic N) is 1. The zero-order valence-corrected chi connectivity index (χ0v) is 11.5. The normalized spacial score (nSPS) is 30.3. The van der Waals surface area contributed by atoms with Crippen LogP contribution in [0.25, 0.3) is 0 Å². The van der Waals surface area contributed by atoms with Crippen LogP contribution in [0, 0.1) is 12.3 Å². The van der Waals surface area contributed by atoms with Crippen LogP contribution < -0.4 is 0 Å². The Kier molecular flexibility index (Phi) is 3.37. The standard InChI is InChI=1S/C16H23NO2/c1-12-3-2-4-13(9-12)11-17-7-5-16(6-8-17)14(18)10-15(16)19/h2-4,9,14-15,18-19H,5-8,10-11H2,1H3/t14-,15+. The number of aryl methyl sites for hydroxylation is 1. The Labute approximate surface area is 114 Å². The Balaban J connectivity index is 1.59. The maximum Gasteiger partial charge on any atom is 0.0647 e. The van der Waals surface area contributed by atoms with Gasteiger partial charge < -0.3 is 10.2 Å². The summed E-state index contributed by atoms with van der Waals surface area (Å²) in [6, 6.07) is 8.63. The van der Waals surface area contributed by atoms with Gasteiger partial charge in [0.25, 0.3) is 0 Å². The van der Waals surface area contributed by atoms with Crippen molar-refractivity contribution in [1.82, 2.24) is 4.90 Å². The molecule has 1 heterocycles. The van der Waals surface area contributed by atoms with E-state index < -0.39 is 0 Å². The first-order valence-corrected chi connectivity index (χ1v) is 7.24. The van der Waals surface area contributed by atoms with E-state index in [0.29, 0.717) is 6.42 Å². The first kappa shape index (κ1) is 13.1. The SMILES string of the molecule is Cc1cccc(CN2CCC3(CC2)[C@H](O)C[C@@H]3O)c1. The fraction of sp³-hybridized carbons (Fsp3) is 0.625. The molecule has 0 radical (unpaired) electrons. The van der Waals surface area contributed by atoms with E-state index in [1.54, 1.807) is 0 Å². The summed E-state index contributed by atoms with van der Waals surface area (Å²) in [6.07, 6.45) is 1.83. The highest BCUT2D eigenvalue weighted by Crippen LogP contribution is 2.49. The van der Waals surface area contributed by atoms with Gasteiger partial charge in [0.15, 0.2) is 0 Å². The van der Waals surface area contributed by atoms with E-state index in [1.807, 2.05) is 0 Å². The molecule has 2 aliphatic rings. The Morgan fingerprint density at radius 2 is 1.89 bits per heavy atom.